The first kappa shape index (κ1) is 9.07. The minimum absolute atomic E-state index is 0.0497. The molecule has 2 heteroatoms. The van der Waals surface area contributed by atoms with Crippen molar-refractivity contribution in [3.8, 4) is 5.75 Å². The van der Waals surface area contributed by atoms with E-state index in [0.717, 1.165) is 12.2 Å². The highest BCUT2D eigenvalue weighted by atomic mass is 32.1. The zero-order valence-electron chi connectivity index (χ0n) is 8.46. The molecule has 0 aromatic carbocycles. The van der Waals surface area contributed by atoms with Crippen LogP contribution in [0.25, 0.3) is 0 Å². The molecule has 0 radical (unpaired) electrons. The van der Waals surface area contributed by atoms with Crippen molar-refractivity contribution in [1.29, 1.82) is 0 Å². The van der Waals surface area contributed by atoms with Gasteiger partial charge in [0.1, 0.15) is 11.4 Å². The van der Waals surface area contributed by atoms with Crippen molar-refractivity contribution in [2.75, 3.05) is 0 Å². The number of aryl methyl sites for hydroxylation is 1. The largest absolute Gasteiger partial charge is 0.486 e. The highest BCUT2D eigenvalue weighted by molar-refractivity contribution is 7.10. The van der Waals surface area contributed by atoms with E-state index in [4.69, 9.17) is 4.74 Å². The van der Waals surface area contributed by atoms with E-state index in [1.54, 1.807) is 0 Å². The Morgan fingerprint density at radius 1 is 1.54 bits per heavy atom. The molecule has 1 aliphatic heterocycles. The van der Waals surface area contributed by atoms with E-state index in [1.807, 2.05) is 11.3 Å². The fraction of sp³-hybridized carbons (Fsp3) is 0.636. The van der Waals surface area contributed by atoms with E-state index in [9.17, 15) is 0 Å². The van der Waals surface area contributed by atoms with E-state index in [1.165, 1.54) is 11.3 Å². The molecule has 2 rings (SSSR count). The summed E-state index contributed by atoms with van der Waals surface area (Å²) in [5.41, 5.74) is 0.0497. The summed E-state index contributed by atoms with van der Waals surface area (Å²) in [6.07, 6.45) is 2.33. The molecule has 1 nitrogen and oxygen atoms in total. The average Bonchev–Trinajstić information content (AvgIpc) is 2.50. The van der Waals surface area contributed by atoms with Gasteiger partial charge < -0.3 is 4.74 Å². The van der Waals surface area contributed by atoms with Crippen molar-refractivity contribution in [3.05, 3.63) is 16.3 Å². The Hall–Kier alpha value is -0.500. The van der Waals surface area contributed by atoms with Crippen LogP contribution in [0, 0.1) is 5.92 Å². The van der Waals surface area contributed by atoms with Crippen LogP contribution in [0.3, 0.4) is 0 Å². The van der Waals surface area contributed by atoms with Crippen LogP contribution in [0.5, 0.6) is 5.75 Å². The van der Waals surface area contributed by atoms with E-state index in [2.05, 4.69) is 32.2 Å². The number of hydrogen-bond donors (Lipinski definition) is 0. The molecule has 0 amide bonds. The molecular weight excluding hydrogens is 180 g/mol. The third kappa shape index (κ3) is 1.48. The number of fused-ring (bicyclic) bond motifs is 1. The van der Waals surface area contributed by atoms with Gasteiger partial charge in [0.15, 0.2) is 0 Å². The predicted octanol–water partition coefficient (Wildman–Crippen LogP) is 3.49. The monoisotopic (exact) mass is 196 g/mol. The van der Waals surface area contributed by atoms with Crippen LogP contribution >= 0.6 is 11.3 Å². The van der Waals surface area contributed by atoms with Crippen molar-refractivity contribution >= 4 is 11.3 Å². The quantitative estimate of drug-likeness (QED) is 0.668. The lowest BCUT2D eigenvalue weighted by Gasteiger charge is -2.37. The third-order valence-corrected chi connectivity index (χ3v) is 4.08. The number of ether oxygens (including phenoxy) is 1. The summed E-state index contributed by atoms with van der Waals surface area (Å²) in [5, 5.41) is 2.12. The van der Waals surface area contributed by atoms with E-state index in [0.29, 0.717) is 5.92 Å². The summed E-state index contributed by atoms with van der Waals surface area (Å²) in [6, 6.07) is 2.10. The van der Waals surface area contributed by atoms with Crippen LogP contribution in [-0.4, -0.2) is 5.60 Å². The highest BCUT2D eigenvalue weighted by Crippen LogP contribution is 2.39. The fourth-order valence-electron chi connectivity index (χ4n) is 1.67. The van der Waals surface area contributed by atoms with Gasteiger partial charge in [0.25, 0.3) is 0 Å². The van der Waals surface area contributed by atoms with Gasteiger partial charge >= 0.3 is 0 Å². The number of hydrogen-bond acceptors (Lipinski definition) is 2. The van der Waals surface area contributed by atoms with Gasteiger partial charge in [-0.1, -0.05) is 13.8 Å². The van der Waals surface area contributed by atoms with E-state index < -0.39 is 0 Å². The zero-order valence-corrected chi connectivity index (χ0v) is 9.28. The van der Waals surface area contributed by atoms with Gasteiger partial charge in [0.05, 0.1) is 0 Å². The fourth-order valence-corrected chi connectivity index (χ4v) is 2.47. The second kappa shape index (κ2) is 3.02. The SMILES string of the molecule is CC(C)C1(C)CCc2sccc2O1. The highest BCUT2D eigenvalue weighted by Gasteiger charge is 2.34. The summed E-state index contributed by atoms with van der Waals surface area (Å²) in [6.45, 7) is 6.69. The van der Waals surface area contributed by atoms with Gasteiger partial charge in [-0.2, -0.15) is 0 Å². The molecule has 0 fully saturated rings. The van der Waals surface area contributed by atoms with E-state index in [-0.39, 0.29) is 5.60 Å². The van der Waals surface area contributed by atoms with E-state index >= 15 is 0 Å². The molecule has 1 atom stereocenters. The maximum absolute atomic E-state index is 6.03. The molecule has 0 saturated heterocycles. The normalized spacial score (nSPS) is 27.1. The predicted molar refractivity (Wildman–Crippen MR) is 56.5 cm³/mol. The molecule has 0 bridgehead atoms. The van der Waals surface area contributed by atoms with Gasteiger partial charge in [-0.15, -0.1) is 11.3 Å². The van der Waals surface area contributed by atoms with Crippen LogP contribution in [0.4, 0.5) is 0 Å². The smallest absolute Gasteiger partial charge is 0.134 e. The van der Waals surface area contributed by atoms with Gasteiger partial charge in [-0.05, 0) is 37.1 Å². The molecule has 13 heavy (non-hydrogen) atoms. The Balaban J connectivity index is 2.25. The average molecular weight is 196 g/mol. The molecule has 0 aliphatic carbocycles. The zero-order chi connectivity index (χ0) is 9.47. The van der Waals surface area contributed by atoms with Crippen LogP contribution < -0.4 is 4.74 Å². The second-order valence-electron chi connectivity index (χ2n) is 4.28. The van der Waals surface area contributed by atoms with Gasteiger partial charge in [0.2, 0.25) is 0 Å². The first-order valence-electron chi connectivity index (χ1n) is 4.87. The first-order chi connectivity index (χ1) is 6.12. The molecule has 1 aromatic heterocycles. The topological polar surface area (TPSA) is 9.23 Å². The lowest BCUT2D eigenvalue weighted by atomic mass is 9.86. The van der Waals surface area contributed by atoms with Crippen LogP contribution in [0.15, 0.2) is 11.4 Å². The molecule has 2 heterocycles. The Morgan fingerprint density at radius 3 is 3.00 bits per heavy atom. The molecule has 1 unspecified atom stereocenters. The number of rotatable bonds is 1. The van der Waals surface area contributed by atoms with Crippen LogP contribution in [0.2, 0.25) is 0 Å². The van der Waals surface area contributed by atoms with Crippen molar-refractivity contribution in [1.82, 2.24) is 0 Å². The van der Waals surface area contributed by atoms with Gasteiger partial charge in [0, 0.05) is 4.88 Å². The summed E-state index contributed by atoms with van der Waals surface area (Å²) in [7, 11) is 0. The molecule has 1 aliphatic rings. The minimum Gasteiger partial charge on any atom is -0.486 e. The molecule has 72 valence electrons. The number of thiophene rings is 1. The van der Waals surface area contributed by atoms with Crippen molar-refractivity contribution in [2.24, 2.45) is 5.92 Å². The van der Waals surface area contributed by atoms with Gasteiger partial charge in [-0.25, -0.2) is 0 Å². The summed E-state index contributed by atoms with van der Waals surface area (Å²) >= 11 is 1.81. The van der Waals surface area contributed by atoms with Crippen LogP contribution in [-0.2, 0) is 6.42 Å². The Labute approximate surface area is 83.7 Å². The summed E-state index contributed by atoms with van der Waals surface area (Å²) < 4.78 is 6.03. The summed E-state index contributed by atoms with van der Waals surface area (Å²) in [5.74, 6) is 1.70. The Bertz CT molecular complexity index is 303. The molecule has 0 saturated carbocycles. The molecule has 0 spiro atoms. The van der Waals surface area contributed by atoms with Crippen LogP contribution in [0.1, 0.15) is 32.1 Å². The Morgan fingerprint density at radius 2 is 2.31 bits per heavy atom. The first-order valence-corrected chi connectivity index (χ1v) is 5.75. The van der Waals surface area contributed by atoms with Gasteiger partial charge in [-0.3, -0.25) is 0 Å². The minimum atomic E-state index is 0.0497. The molecule has 0 N–H and O–H groups in total. The Kier molecular flexibility index (Phi) is 2.11. The molecule has 1 aromatic rings. The second-order valence-corrected chi connectivity index (χ2v) is 5.28. The maximum atomic E-state index is 6.03. The van der Waals surface area contributed by atoms with Crippen molar-refractivity contribution in [3.63, 3.8) is 0 Å². The van der Waals surface area contributed by atoms with Crippen molar-refractivity contribution in [2.45, 2.75) is 39.2 Å². The molecular formula is C11H16OS. The third-order valence-electron chi connectivity index (χ3n) is 3.12. The lowest BCUT2D eigenvalue weighted by molar-refractivity contribution is 0.0215. The summed E-state index contributed by atoms with van der Waals surface area (Å²) in [4.78, 5) is 1.41. The van der Waals surface area contributed by atoms with Crippen molar-refractivity contribution < 1.29 is 4.74 Å². The lowest BCUT2D eigenvalue weighted by Crippen LogP contribution is -2.40. The maximum Gasteiger partial charge on any atom is 0.134 e. The standard InChI is InChI=1S/C11H16OS/c1-8(2)11(3)6-4-10-9(12-11)5-7-13-10/h5,7-8H,4,6H2,1-3H3.